The van der Waals surface area contributed by atoms with Gasteiger partial charge in [-0.2, -0.15) is 0 Å². The molecule has 9 aromatic carbocycles. The van der Waals surface area contributed by atoms with Crippen LogP contribution >= 0.6 is 0 Å². The number of aliphatic imine (C=N–C) groups is 3. The summed E-state index contributed by atoms with van der Waals surface area (Å²) in [6.07, 6.45) is 0. The topological polar surface area (TPSA) is 55.1 Å². The Morgan fingerprint density at radius 3 is 1.71 bits per heavy atom. The van der Waals surface area contributed by atoms with Crippen LogP contribution in [0.25, 0.3) is 82.8 Å². The highest BCUT2D eigenvalue weighted by atomic mass is 16.3. The zero-order valence-electron chi connectivity index (χ0n) is 39.1. The number of nitrogens with zero attached hydrogens (tertiary/aromatic N) is 4. The molecule has 5 nitrogen and oxygen atoms in total. The van der Waals surface area contributed by atoms with Crippen LogP contribution in [0.2, 0.25) is 0 Å². The lowest BCUT2D eigenvalue weighted by Crippen LogP contribution is -2.15. The van der Waals surface area contributed by atoms with Crippen LogP contribution in [0.15, 0.2) is 214 Å². The molecule has 0 amide bonds. The lowest BCUT2D eigenvalue weighted by molar-refractivity contribution is 0.660. The van der Waals surface area contributed by atoms with Crippen molar-refractivity contribution in [1.82, 2.24) is 4.57 Å². The Bertz CT molecular complexity index is 3870. The first-order valence-electron chi connectivity index (χ1n) is 23.8. The monoisotopic (exact) mass is 888 g/mol. The molecular weight excluding hydrogens is 841 g/mol. The van der Waals surface area contributed by atoms with E-state index in [0.717, 1.165) is 55.4 Å². The van der Waals surface area contributed by atoms with Gasteiger partial charge >= 0.3 is 0 Å². The minimum Gasteiger partial charge on any atom is -0.455 e. The molecule has 2 aromatic heterocycles. The van der Waals surface area contributed by atoms with Crippen molar-refractivity contribution in [3.63, 3.8) is 0 Å². The summed E-state index contributed by atoms with van der Waals surface area (Å²) in [6.45, 7) is 13.9. The van der Waals surface area contributed by atoms with Gasteiger partial charge in [-0.3, -0.25) is 4.99 Å². The first-order chi connectivity index (χ1) is 33.7. The number of aromatic nitrogens is 1. The Labute approximate surface area is 401 Å². The second kappa shape index (κ2) is 15.3. The van der Waals surface area contributed by atoms with E-state index in [1.807, 2.05) is 60.7 Å². The normalized spacial score (nSPS) is 14.6. The minimum atomic E-state index is -0.142. The molecule has 5 heteroatoms. The van der Waals surface area contributed by atoms with Crippen molar-refractivity contribution in [2.24, 2.45) is 15.0 Å². The van der Waals surface area contributed by atoms with Crippen LogP contribution in [-0.2, 0) is 17.4 Å². The standard InChI is InChI=1S/C64H48N4O/c1-63(2)53-28-14-12-24-45(53)48-34-50-51-35-49-46-25-13-15-29-54(46)64(3,4)56(49)37-58(51)68(57(50)36-55(48)63)43-30-31-59-52(33-43)47-27-17-26-44(60(47)69-59)41-22-16-23-42(32-41)61(65-5)67-62(40-20-10-7-11-21-40)66-38-39-18-8-6-9-19-39/h6-37H,5,38H2,1-4H3. The van der Waals surface area contributed by atoms with Crippen molar-refractivity contribution in [2.75, 3.05) is 0 Å². The van der Waals surface area contributed by atoms with Gasteiger partial charge in [0, 0.05) is 54.8 Å². The Morgan fingerprint density at radius 2 is 1.06 bits per heavy atom. The largest absolute Gasteiger partial charge is 0.455 e. The van der Waals surface area contributed by atoms with Gasteiger partial charge < -0.3 is 8.98 Å². The summed E-state index contributed by atoms with van der Waals surface area (Å²) in [5.41, 5.74) is 20.5. The first kappa shape index (κ1) is 40.8. The number of furan rings is 1. The quantitative estimate of drug-likeness (QED) is 0.121. The van der Waals surface area contributed by atoms with Crippen molar-refractivity contribution in [3.8, 4) is 39.1 Å². The van der Waals surface area contributed by atoms with Crippen LogP contribution in [0.1, 0.15) is 66.6 Å². The van der Waals surface area contributed by atoms with Crippen molar-refractivity contribution < 1.29 is 4.42 Å². The summed E-state index contributed by atoms with van der Waals surface area (Å²) in [5.74, 6) is 1.10. The van der Waals surface area contributed by atoms with E-state index >= 15 is 0 Å². The molecule has 2 heterocycles. The summed E-state index contributed by atoms with van der Waals surface area (Å²) in [5, 5.41) is 4.64. The lowest BCUT2D eigenvalue weighted by Gasteiger charge is -2.22. The van der Waals surface area contributed by atoms with E-state index in [4.69, 9.17) is 14.4 Å². The van der Waals surface area contributed by atoms with E-state index in [1.54, 1.807) is 0 Å². The molecule has 2 aliphatic rings. The van der Waals surface area contributed by atoms with E-state index in [1.165, 1.54) is 66.3 Å². The van der Waals surface area contributed by atoms with E-state index in [-0.39, 0.29) is 10.8 Å². The molecular formula is C64H48N4O. The predicted octanol–water partition coefficient (Wildman–Crippen LogP) is 16.1. The number of benzene rings is 9. The fourth-order valence-electron chi connectivity index (χ4n) is 11.5. The molecule has 13 rings (SSSR count). The van der Waals surface area contributed by atoms with Crippen LogP contribution in [0.4, 0.5) is 0 Å². The third kappa shape index (κ3) is 6.27. The molecule has 0 atom stereocenters. The van der Waals surface area contributed by atoms with E-state index in [2.05, 4.69) is 177 Å². The average molecular weight is 889 g/mol. The van der Waals surface area contributed by atoms with Gasteiger partial charge in [0.2, 0.25) is 0 Å². The number of rotatable bonds is 6. The molecule has 0 bridgehead atoms. The molecule has 0 saturated heterocycles. The van der Waals surface area contributed by atoms with Crippen LogP contribution in [0.3, 0.4) is 0 Å². The summed E-state index contributed by atoms with van der Waals surface area (Å²) < 4.78 is 9.37. The Morgan fingerprint density at radius 1 is 0.478 bits per heavy atom. The SMILES string of the molecule is C=NC(=NC(=NCc1ccccc1)c1ccccc1)c1cccc(-c2cccc3c2oc2ccc(-n4c5cc6c(cc5c5cc7c(cc54)C(C)(C)c4ccccc4-7)-c4ccccc4C6(C)C)cc23)c1. The second-order valence-electron chi connectivity index (χ2n) is 19.6. The van der Waals surface area contributed by atoms with Crippen molar-refractivity contribution in [3.05, 3.63) is 233 Å². The van der Waals surface area contributed by atoms with Gasteiger partial charge in [0.25, 0.3) is 0 Å². The lowest BCUT2D eigenvalue weighted by atomic mass is 9.82. The molecule has 0 saturated carbocycles. The first-order valence-corrected chi connectivity index (χ1v) is 23.8. The molecule has 0 radical (unpaired) electrons. The highest BCUT2D eigenvalue weighted by molar-refractivity contribution is 6.16. The van der Waals surface area contributed by atoms with Crippen LogP contribution in [0.5, 0.6) is 0 Å². The zero-order valence-corrected chi connectivity index (χ0v) is 39.1. The summed E-state index contributed by atoms with van der Waals surface area (Å²) in [6, 6.07) is 69.5. The van der Waals surface area contributed by atoms with E-state index in [9.17, 15) is 0 Å². The molecule has 330 valence electrons. The van der Waals surface area contributed by atoms with Gasteiger partial charge in [-0.25, -0.2) is 9.98 Å². The average Bonchev–Trinajstić information content (AvgIpc) is 4.06. The molecule has 0 fully saturated rings. The summed E-state index contributed by atoms with van der Waals surface area (Å²) in [4.78, 5) is 14.5. The van der Waals surface area contributed by atoms with Gasteiger partial charge in [0.15, 0.2) is 11.7 Å². The third-order valence-corrected chi connectivity index (χ3v) is 15.0. The maximum absolute atomic E-state index is 6.86. The van der Waals surface area contributed by atoms with Gasteiger partial charge in [0.05, 0.1) is 17.6 Å². The van der Waals surface area contributed by atoms with Crippen LogP contribution < -0.4 is 0 Å². The van der Waals surface area contributed by atoms with E-state index in [0.29, 0.717) is 18.2 Å². The Hall–Kier alpha value is -8.41. The van der Waals surface area contributed by atoms with E-state index < -0.39 is 0 Å². The molecule has 11 aromatic rings. The fraction of sp³-hybridized carbons (Fsp3) is 0.109. The molecule has 0 spiro atoms. The summed E-state index contributed by atoms with van der Waals surface area (Å²) >= 11 is 0. The fourth-order valence-corrected chi connectivity index (χ4v) is 11.5. The van der Waals surface area contributed by atoms with Gasteiger partial charge in [-0.15, -0.1) is 0 Å². The number of fused-ring (bicyclic) bond motifs is 12. The summed E-state index contributed by atoms with van der Waals surface area (Å²) in [7, 11) is 0. The number of para-hydroxylation sites is 1. The molecule has 69 heavy (non-hydrogen) atoms. The van der Waals surface area contributed by atoms with Crippen molar-refractivity contribution in [2.45, 2.75) is 45.1 Å². The minimum absolute atomic E-state index is 0.142. The maximum atomic E-state index is 6.86. The Kier molecular flexibility index (Phi) is 9.06. The van der Waals surface area contributed by atoms with Crippen LogP contribution in [-0.4, -0.2) is 23.0 Å². The maximum Gasteiger partial charge on any atom is 0.161 e. The van der Waals surface area contributed by atoms with Gasteiger partial charge in [-0.1, -0.05) is 173 Å². The van der Waals surface area contributed by atoms with Crippen molar-refractivity contribution in [1.29, 1.82) is 0 Å². The molecule has 0 unspecified atom stereocenters. The molecule has 0 N–H and O–H groups in total. The highest BCUT2D eigenvalue weighted by Crippen LogP contribution is 2.54. The predicted molar refractivity (Wildman–Crippen MR) is 288 cm³/mol. The zero-order chi connectivity index (χ0) is 46.6. The molecule has 2 aliphatic carbocycles. The van der Waals surface area contributed by atoms with Crippen molar-refractivity contribution >= 4 is 62.1 Å². The number of hydrogen-bond acceptors (Lipinski definition) is 2. The van der Waals surface area contributed by atoms with Gasteiger partial charge in [0.1, 0.15) is 11.2 Å². The number of hydrogen-bond donors (Lipinski definition) is 0. The third-order valence-electron chi connectivity index (χ3n) is 15.0. The Balaban J connectivity index is 0.959. The van der Waals surface area contributed by atoms with Gasteiger partial charge in [-0.05, 0) is 111 Å². The van der Waals surface area contributed by atoms with Crippen LogP contribution in [0, 0.1) is 0 Å². The highest BCUT2D eigenvalue weighted by Gasteiger charge is 2.38. The second-order valence-corrected chi connectivity index (χ2v) is 19.6. The molecule has 0 aliphatic heterocycles. The number of amidine groups is 2. The smallest absolute Gasteiger partial charge is 0.161 e.